The summed E-state index contributed by atoms with van der Waals surface area (Å²) >= 11 is 12.7. The highest BCUT2D eigenvalue weighted by molar-refractivity contribution is 6.42. The number of hydrogen-bond donors (Lipinski definition) is 0. The van der Waals surface area contributed by atoms with E-state index in [-0.39, 0.29) is 11.9 Å². The van der Waals surface area contributed by atoms with E-state index in [1.54, 1.807) is 32.9 Å². The molecule has 4 nitrogen and oxygen atoms in total. The monoisotopic (exact) mass is 393 g/mol. The van der Waals surface area contributed by atoms with Crippen molar-refractivity contribution in [3.05, 3.63) is 45.1 Å². The molecule has 0 radical (unpaired) electrons. The highest BCUT2D eigenvalue weighted by Crippen LogP contribution is 2.46. The molecule has 0 aromatic heterocycles. The number of carbonyl (C=O) groups is 2. The Morgan fingerprint density at radius 1 is 1.27 bits per heavy atom. The van der Waals surface area contributed by atoms with Crippen molar-refractivity contribution in [2.45, 2.75) is 52.1 Å². The zero-order valence-corrected chi connectivity index (χ0v) is 16.5. The van der Waals surface area contributed by atoms with Crippen molar-refractivity contribution < 1.29 is 14.3 Å². The van der Waals surface area contributed by atoms with Gasteiger partial charge in [0, 0.05) is 29.3 Å². The van der Waals surface area contributed by atoms with E-state index in [4.69, 9.17) is 27.9 Å². The molecule has 0 spiro atoms. The van der Waals surface area contributed by atoms with Crippen LogP contribution < -0.4 is 0 Å². The summed E-state index contributed by atoms with van der Waals surface area (Å²) in [7, 11) is 0. The van der Waals surface area contributed by atoms with Gasteiger partial charge in [-0.3, -0.25) is 14.6 Å². The maximum absolute atomic E-state index is 12.9. The van der Waals surface area contributed by atoms with Gasteiger partial charge in [0.2, 0.25) is 0 Å². The molecule has 138 valence electrons. The zero-order chi connectivity index (χ0) is 19.0. The van der Waals surface area contributed by atoms with Gasteiger partial charge >= 0.3 is 5.97 Å². The van der Waals surface area contributed by atoms with Crippen molar-refractivity contribution in [3.63, 3.8) is 0 Å². The van der Waals surface area contributed by atoms with Gasteiger partial charge in [0.25, 0.3) is 0 Å². The first-order valence-electron chi connectivity index (χ1n) is 8.77. The Kier molecular flexibility index (Phi) is 5.54. The van der Waals surface area contributed by atoms with Crippen LogP contribution in [0.25, 0.3) is 0 Å². The van der Waals surface area contributed by atoms with Crippen LogP contribution in [0.4, 0.5) is 0 Å². The number of aliphatic imine (C=N–C) groups is 1. The van der Waals surface area contributed by atoms with Crippen molar-refractivity contribution in [2.24, 2.45) is 10.9 Å². The molecule has 0 amide bonds. The predicted octanol–water partition coefficient (Wildman–Crippen LogP) is 5.13. The Hall–Kier alpha value is -1.65. The van der Waals surface area contributed by atoms with Gasteiger partial charge in [0.05, 0.1) is 16.1 Å². The maximum atomic E-state index is 12.9. The van der Waals surface area contributed by atoms with Crippen molar-refractivity contribution in [1.29, 1.82) is 0 Å². The SMILES string of the molecule is CC1=NC2=C(C(=O)CCC2)[C@@H](c2cccc(Cl)c2Cl)C1C(=O)OC(C)C. The first-order valence-corrected chi connectivity index (χ1v) is 9.52. The summed E-state index contributed by atoms with van der Waals surface area (Å²) in [6.45, 7) is 5.40. The highest BCUT2D eigenvalue weighted by atomic mass is 35.5. The Labute approximate surface area is 163 Å². The van der Waals surface area contributed by atoms with E-state index >= 15 is 0 Å². The molecule has 26 heavy (non-hydrogen) atoms. The number of hydrogen-bond acceptors (Lipinski definition) is 4. The Bertz CT molecular complexity index is 826. The van der Waals surface area contributed by atoms with Crippen LogP contribution >= 0.6 is 23.2 Å². The number of ether oxygens (including phenoxy) is 1. The summed E-state index contributed by atoms with van der Waals surface area (Å²) in [5.74, 6) is -1.58. The van der Waals surface area contributed by atoms with Crippen LogP contribution in [0.1, 0.15) is 51.5 Å². The van der Waals surface area contributed by atoms with Crippen molar-refractivity contribution in [2.75, 3.05) is 0 Å². The zero-order valence-electron chi connectivity index (χ0n) is 15.0. The fourth-order valence-corrected chi connectivity index (χ4v) is 4.14. The fraction of sp³-hybridized carbons (Fsp3) is 0.450. The lowest BCUT2D eigenvalue weighted by Gasteiger charge is -2.35. The molecule has 0 fully saturated rings. The van der Waals surface area contributed by atoms with E-state index in [0.29, 0.717) is 33.3 Å². The number of carbonyl (C=O) groups excluding carboxylic acids is 2. The van der Waals surface area contributed by atoms with Gasteiger partial charge in [-0.25, -0.2) is 0 Å². The number of ketones is 1. The van der Waals surface area contributed by atoms with Gasteiger partial charge in [0.15, 0.2) is 5.78 Å². The van der Waals surface area contributed by atoms with Crippen LogP contribution in [-0.4, -0.2) is 23.6 Å². The molecular weight excluding hydrogens is 373 g/mol. The van der Waals surface area contributed by atoms with E-state index in [9.17, 15) is 9.59 Å². The normalized spacial score (nSPS) is 23.0. The van der Waals surface area contributed by atoms with Crippen LogP contribution in [0, 0.1) is 5.92 Å². The van der Waals surface area contributed by atoms with E-state index in [1.165, 1.54) is 0 Å². The summed E-state index contributed by atoms with van der Waals surface area (Å²) in [5, 5.41) is 0.757. The first kappa shape index (κ1) is 19.1. The largest absolute Gasteiger partial charge is 0.462 e. The Morgan fingerprint density at radius 2 is 2.00 bits per heavy atom. The quantitative estimate of drug-likeness (QED) is 0.668. The molecular formula is C20H21Cl2NO3. The first-order chi connectivity index (χ1) is 12.3. The molecule has 1 unspecified atom stereocenters. The van der Waals surface area contributed by atoms with Gasteiger partial charge in [-0.15, -0.1) is 0 Å². The molecule has 1 aliphatic heterocycles. The number of esters is 1. The second kappa shape index (κ2) is 7.53. The van der Waals surface area contributed by atoms with Gasteiger partial charge in [0.1, 0.15) is 5.92 Å². The minimum Gasteiger partial charge on any atom is -0.462 e. The molecule has 1 heterocycles. The van der Waals surface area contributed by atoms with E-state index in [0.717, 1.165) is 18.5 Å². The van der Waals surface area contributed by atoms with Crippen LogP contribution in [0.3, 0.4) is 0 Å². The summed E-state index contributed by atoms with van der Waals surface area (Å²) < 4.78 is 5.47. The average molecular weight is 394 g/mol. The van der Waals surface area contributed by atoms with Crippen molar-refractivity contribution in [3.8, 4) is 0 Å². The number of halogens is 2. The van der Waals surface area contributed by atoms with Crippen LogP contribution in [0.2, 0.25) is 10.0 Å². The van der Waals surface area contributed by atoms with Gasteiger partial charge in [-0.1, -0.05) is 35.3 Å². The van der Waals surface area contributed by atoms with Gasteiger partial charge < -0.3 is 4.74 Å². The molecule has 0 saturated carbocycles. The summed E-state index contributed by atoms with van der Waals surface area (Å²) in [6, 6.07) is 5.29. The third-order valence-corrected chi connectivity index (χ3v) is 5.59. The third kappa shape index (κ3) is 3.45. The molecule has 6 heteroatoms. The van der Waals surface area contributed by atoms with Crippen LogP contribution in [0.5, 0.6) is 0 Å². The molecule has 1 aliphatic carbocycles. The fourth-order valence-electron chi connectivity index (χ4n) is 3.71. The summed E-state index contributed by atoms with van der Waals surface area (Å²) in [6.07, 6.45) is 1.68. The minimum absolute atomic E-state index is 0.0193. The van der Waals surface area contributed by atoms with E-state index < -0.39 is 17.8 Å². The average Bonchev–Trinajstić information content (AvgIpc) is 2.55. The Morgan fingerprint density at radius 3 is 2.69 bits per heavy atom. The van der Waals surface area contributed by atoms with Gasteiger partial charge in [-0.2, -0.15) is 0 Å². The van der Waals surface area contributed by atoms with Gasteiger partial charge in [-0.05, 0) is 45.2 Å². The molecule has 0 bridgehead atoms. The molecule has 0 N–H and O–H groups in total. The summed E-state index contributed by atoms with van der Waals surface area (Å²) in [4.78, 5) is 30.2. The highest BCUT2D eigenvalue weighted by Gasteiger charge is 2.44. The lowest BCUT2D eigenvalue weighted by atomic mass is 9.71. The number of allylic oxidation sites excluding steroid dienone is 2. The summed E-state index contributed by atoms with van der Waals surface area (Å²) in [5.41, 5.74) is 2.65. The van der Waals surface area contributed by atoms with Crippen LogP contribution in [-0.2, 0) is 14.3 Å². The van der Waals surface area contributed by atoms with E-state index in [1.807, 2.05) is 6.07 Å². The molecule has 3 rings (SSSR count). The second-order valence-corrected chi connectivity index (χ2v) is 7.76. The van der Waals surface area contributed by atoms with Crippen molar-refractivity contribution >= 4 is 40.7 Å². The van der Waals surface area contributed by atoms with E-state index in [2.05, 4.69) is 4.99 Å². The topological polar surface area (TPSA) is 55.7 Å². The second-order valence-electron chi connectivity index (χ2n) is 6.97. The van der Waals surface area contributed by atoms with Crippen LogP contribution in [0.15, 0.2) is 34.5 Å². The standard InChI is InChI=1S/C20H21Cl2NO3/c1-10(2)26-20(25)16-11(3)23-14-8-5-9-15(24)18(14)17(16)12-6-4-7-13(21)19(12)22/h4,6-7,10,16-17H,5,8-9H2,1-3H3/t16?,17-/m0/s1. The number of benzene rings is 1. The lowest BCUT2D eigenvalue weighted by Crippen LogP contribution is -2.38. The lowest BCUT2D eigenvalue weighted by molar-refractivity contribution is -0.150. The number of Topliss-reactive ketones (excluding diaryl/α,β-unsaturated/α-hetero) is 1. The van der Waals surface area contributed by atoms with Crippen molar-refractivity contribution in [1.82, 2.24) is 0 Å². The molecule has 0 saturated heterocycles. The number of nitrogens with zero attached hydrogens (tertiary/aromatic N) is 1. The Balaban J connectivity index is 2.19. The maximum Gasteiger partial charge on any atom is 0.315 e. The minimum atomic E-state index is -0.686. The smallest absolute Gasteiger partial charge is 0.315 e. The molecule has 1 aromatic carbocycles. The third-order valence-electron chi connectivity index (χ3n) is 4.76. The molecule has 1 aromatic rings. The molecule has 2 aliphatic rings. The predicted molar refractivity (Wildman–Crippen MR) is 103 cm³/mol. The molecule has 2 atom stereocenters. The number of rotatable bonds is 3.